The molecule has 3 nitrogen and oxygen atoms in total. The number of hydrogen-bond donors (Lipinski definition) is 3. The van der Waals surface area contributed by atoms with Crippen LogP contribution in [0.4, 0.5) is 0 Å². The topological polar surface area (TPSA) is 64.1 Å². The van der Waals surface area contributed by atoms with E-state index in [2.05, 4.69) is 12.2 Å². The molecule has 0 aromatic rings. The first-order valence-corrected chi connectivity index (χ1v) is 3.97. The summed E-state index contributed by atoms with van der Waals surface area (Å²) in [6.07, 6.45) is 2.11. The predicted molar refractivity (Wildman–Crippen MR) is 44.8 cm³/mol. The summed E-state index contributed by atoms with van der Waals surface area (Å²) in [5.41, 5.74) is 11.0. The molecule has 0 amide bonds. The molecule has 0 aromatic heterocycles. The van der Waals surface area contributed by atoms with E-state index in [1.54, 1.807) is 0 Å². The van der Waals surface area contributed by atoms with Gasteiger partial charge in [-0.05, 0) is 19.4 Å². The Bertz CT molecular complexity index is 65.9. The molecule has 1 atom stereocenters. The minimum atomic E-state index is 0.352. The van der Waals surface area contributed by atoms with Gasteiger partial charge in [-0.15, -0.1) is 0 Å². The molecule has 0 fully saturated rings. The van der Waals surface area contributed by atoms with E-state index in [1.807, 2.05) is 0 Å². The molecule has 0 radical (unpaired) electrons. The van der Waals surface area contributed by atoms with Crippen LogP contribution in [0.5, 0.6) is 0 Å². The van der Waals surface area contributed by atoms with Gasteiger partial charge in [0.25, 0.3) is 0 Å². The zero-order chi connectivity index (χ0) is 7.82. The minimum absolute atomic E-state index is 0.352. The van der Waals surface area contributed by atoms with Crippen LogP contribution in [0.1, 0.15) is 19.8 Å². The van der Waals surface area contributed by atoms with Crippen molar-refractivity contribution in [1.82, 2.24) is 5.32 Å². The lowest BCUT2D eigenvalue weighted by Crippen LogP contribution is -2.29. The summed E-state index contributed by atoms with van der Waals surface area (Å²) in [5.74, 6) is 0. The SMILES string of the molecule is CCC(N)CCNCCN. The Hall–Kier alpha value is -0.120. The molecule has 0 bridgehead atoms. The van der Waals surface area contributed by atoms with Crippen molar-refractivity contribution in [2.24, 2.45) is 11.5 Å². The summed E-state index contributed by atoms with van der Waals surface area (Å²) in [6.45, 7) is 4.71. The third kappa shape index (κ3) is 6.01. The summed E-state index contributed by atoms with van der Waals surface area (Å²) < 4.78 is 0. The molecule has 0 aromatic carbocycles. The van der Waals surface area contributed by atoms with Crippen LogP contribution in [0, 0.1) is 0 Å². The van der Waals surface area contributed by atoms with Crippen LogP contribution in [0.15, 0.2) is 0 Å². The molecule has 0 spiro atoms. The highest BCUT2D eigenvalue weighted by Gasteiger charge is 1.96. The van der Waals surface area contributed by atoms with Crippen LogP contribution in [0.3, 0.4) is 0 Å². The third-order valence-electron chi connectivity index (χ3n) is 1.54. The zero-order valence-electron chi connectivity index (χ0n) is 6.77. The van der Waals surface area contributed by atoms with Gasteiger partial charge in [-0.3, -0.25) is 0 Å². The van der Waals surface area contributed by atoms with Crippen LogP contribution in [0.25, 0.3) is 0 Å². The van der Waals surface area contributed by atoms with E-state index in [9.17, 15) is 0 Å². The first-order valence-electron chi connectivity index (χ1n) is 3.97. The van der Waals surface area contributed by atoms with Crippen molar-refractivity contribution in [2.75, 3.05) is 19.6 Å². The molecule has 1 unspecified atom stereocenters. The van der Waals surface area contributed by atoms with E-state index in [-0.39, 0.29) is 0 Å². The van der Waals surface area contributed by atoms with Crippen molar-refractivity contribution in [2.45, 2.75) is 25.8 Å². The van der Waals surface area contributed by atoms with Gasteiger partial charge in [-0.1, -0.05) is 6.92 Å². The first kappa shape index (κ1) is 9.88. The summed E-state index contributed by atoms with van der Waals surface area (Å²) >= 11 is 0. The fourth-order valence-corrected chi connectivity index (χ4v) is 0.719. The van der Waals surface area contributed by atoms with Gasteiger partial charge in [0.2, 0.25) is 0 Å². The van der Waals surface area contributed by atoms with Crippen LogP contribution in [-0.2, 0) is 0 Å². The lowest BCUT2D eigenvalue weighted by atomic mass is 10.2. The average molecular weight is 145 g/mol. The molecule has 0 aliphatic rings. The second-order valence-corrected chi connectivity index (χ2v) is 2.50. The molecule has 62 valence electrons. The van der Waals surface area contributed by atoms with E-state index in [0.29, 0.717) is 12.6 Å². The van der Waals surface area contributed by atoms with Crippen LogP contribution < -0.4 is 16.8 Å². The van der Waals surface area contributed by atoms with Gasteiger partial charge in [-0.2, -0.15) is 0 Å². The highest BCUT2D eigenvalue weighted by Crippen LogP contribution is 1.89. The first-order chi connectivity index (χ1) is 4.81. The Morgan fingerprint density at radius 2 is 2.10 bits per heavy atom. The fourth-order valence-electron chi connectivity index (χ4n) is 0.719. The van der Waals surface area contributed by atoms with Gasteiger partial charge in [0.05, 0.1) is 0 Å². The van der Waals surface area contributed by atoms with Gasteiger partial charge in [0.15, 0.2) is 0 Å². The van der Waals surface area contributed by atoms with Crippen molar-refractivity contribution in [3.63, 3.8) is 0 Å². The maximum absolute atomic E-state index is 5.68. The summed E-state index contributed by atoms with van der Waals surface area (Å²) in [7, 11) is 0. The largest absolute Gasteiger partial charge is 0.329 e. The highest BCUT2D eigenvalue weighted by atomic mass is 14.9. The van der Waals surface area contributed by atoms with E-state index < -0.39 is 0 Å². The molecule has 0 heterocycles. The van der Waals surface area contributed by atoms with Gasteiger partial charge in [0, 0.05) is 19.1 Å². The van der Waals surface area contributed by atoms with Crippen LogP contribution >= 0.6 is 0 Å². The smallest absolute Gasteiger partial charge is 0.00745 e. The maximum atomic E-state index is 5.68. The Morgan fingerprint density at radius 1 is 1.40 bits per heavy atom. The second kappa shape index (κ2) is 6.99. The Balaban J connectivity index is 2.89. The normalized spacial score (nSPS) is 13.5. The van der Waals surface area contributed by atoms with Gasteiger partial charge in [0.1, 0.15) is 0 Å². The summed E-state index contributed by atoms with van der Waals surface area (Å²) in [6, 6.07) is 0.352. The minimum Gasteiger partial charge on any atom is -0.329 e. The number of rotatable bonds is 6. The molecule has 0 aliphatic heterocycles. The predicted octanol–water partition coefficient (Wildman–Crippen LogP) is -0.338. The third-order valence-corrected chi connectivity index (χ3v) is 1.54. The average Bonchev–Trinajstić information content (AvgIpc) is 1.98. The van der Waals surface area contributed by atoms with Crippen molar-refractivity contribution < 1.29 is 0 Å². The molecule has 0 saturated carbocycles. The molecule has 5 N–H and O–H groups in total. The van der Waals surface area contributed by atoms with Crippen molar-refractivity contribution in [3.8, 4) is 0 Å². The quantitative estimate of drug-likeness (QED) is 0.448. The van der Waals surface area contributed by atoms with E-state index in [1.165, 1.54) is 0 Å². The van der Waals surface area contributed by atoms with Crippen LogP contribution in [-0.4, -0.2) is 25.7 Å². The monoisotopic (exact) mass is 145 g/mol. The Morgan fingerprint density at radius 3 is 2.60 bits per heavy atom. The fraction of sp³-hybridized carbons (Fsp3) is 1.00. The molecule has 3 heteroatoms. The molecule has 10 heavy (non-hydrogen) atoms. The van der Waals surface area contributed by atoms with Gasteiger partial charge in [-0.25, -0.2) is 0 Å². The number of hydrogen-bond acceptors (Lipinski definition) is 3. The van der Waals surface area contributed by atoms with E-state index in [4.69, 9.17) is 11.5 Å². The molecule has 0 rings (SSSR count). The molecular formula is C7H19N3. The standard InChI is InChI=1S/C7H19N3/c1-2-7(9)3-5-10-6-4-8/h7,10H,2-6,8-9H2,1H3. The van der Waals surface area contributed by atoms with Crippen molar-refractivity contribution >= 4 is 0 Å². The van der Waals surface area contributed by atoms with E-state index in [0.717, 1.165) is 25.9 Å². The maximum Gasteiger partial charge on any atom is 0.00745 e. The van der Waals surface area contributed by atoms with Gasteiger partial charge >= 0.3 is 0 Å². The van der Waals surface area contributed by atoms with Crippen molar-refractivity contribution in [1.29, 1.82) is 0 Å². The van der Waals surface area contributed by atoms with Crippen LogP contribution in [0.2, 0.25) is 0 Å². The lowest BCUT2D eigenvalue weighted by Gasteiger charge is -2.08. The lowest BCUT2D eigenvalue weighted by molar-refractivity contribution is 0.553. The summed E-state index contributed by atoms with van der Waals surface area (Å²) in [5, 5.41) is 3.20. The van der Waals surface area contributed by atoms with Gasteiger partial charge < -0.3 is 16.8 Å². The number of nitrogens with one attached hydrogen (secondary N) is 1. The second-order valence-electron chi connectivity index (χ2n) is 2.50. The molecule has 0 aliphatic carbocycles. The number of nitrogens with two attached hydrogens (primary N) is 2. The highest BCUT2D eigenvalue weighted by molar-refractivity contribution is 4.59. The molecular weight excluding hydrogens is 126 g/mol. The zero-order valence-corrected chi connectivity index (χ0v) is 6.77. The van der Waals surface area contributed by atoms with E-state index >= 15 is 0 Å². The molecule has 0 saturated heterocycles. The summed E-state index contributed by atoms with van der Waals surface area (Å²) in [4.78, 5) is 0. The Kier molecular flexibility index (Phi) is 6.91. The Labute approximate surface area is 63.2 Å². The van der Waals surface area contributed by atoms with Crippen molar-refractivity contribution in [3.05, 3.63) is 0 Å².